The first-order valence-electron chi connectivity index (χ1n) is 23.6. The number of methoxy groups -OCH3 is 3. The molecule has 0 unspecified atom stereocenters. The number of esters is 2. The largest absolute Gasteiger partial charge is 0.503 e. The number of nitrogens with zero attached hydrogens (tertiary/aromatic N) is 2. The average Bonchev–Trinajstić information content (AvgIpc) is 3.43. The molecule has 74 heavy (non-hydrogen) atoms. The molecule has 0 saturated heterocycles. The summed E-state index contributed by atoms with van der Waals surface area (Å²) in [6.07, 6.45) is 4.31. The summed E-state index contributed by atoms with van der Waals surface area (Å²) in [7, 11) is 3.87. The predicted molar refractivity (Wildman–Crippen MR) is 292 cm³/mol. The van der Waals surface area contributed by atoms with Crippen LogP contribution in [0.2, 0.25) is 0 Å². The lowest BCUT2D eigenvalue weighted by molar-refractivity contribution is -0.136. The van der Waals surface area contributed by atoms with E-state index in [-0.39, 0.29) is 33.7 Å². The van der Waals surface area contributed by atoms with Crippen molar-refractivity contribution in [2.45, 2.75) is 41.5 Å². The SMILES string of the molecule is COC(=O)C(=CN(c1ccccc1)c1ccccc1)C(=O)c1ccc(C)c(C)c1.COC=C(C(=O)OC)C(=O)c1ccc(C)c(C)c1.Cc1ccc(C(=O)c2cn(-c3ccccc3)c3ccccc3c2=O)cc1C. The Labute approximate surface area is 431 Å². The van der Waals surface area contributed by atoms with Gasteiger partial charge in [0.05, 0.1) is 32.4 Å². The molecule has 0 aliphatic rings. The number of rotatable bonds is 13. The zero-order chi connectivity index (χ0) is 53.5. The van der Waals surface area contributed by atoms with Crippen LogP contribution in [0.4, 0.5) is 11.4 Å². The topological polar surface area (TPSA) is 138 Å². The van der Waals surface area contributed by atoms with Crippen molar-refractivity contribution in [3.63, 3.8) is 0 Å². The first-order valence-corrected chi connectivity index (χ1v) is 23.6. The van der Waals surface area contributed by atoms with E-state index in [0.717, 1.165) is 62.2 Å². The van der Waals surface area contributed by atoms with Crippen LogP contribution in [0.25, 0.3) is 16.6 Å². The van der Waals surface area contributed by atoms with Crippen molar-refractivity contribution in [2.75, 3.05) is 26.2 Å². The van der Waals surface area contributed by atoms with Gasteiger partial charge in [0.1, 0.15) is 17.4 Å². The Hall–Kier alpha value is -9.22. The first-order chi connectivity index (χ1) is 35.6. The molecule has 8 aromatic rings. The molecule has 0 N–H and O–H groups in total. The van der Waals surface area contributed by atoms with Crippen LogP contribution in [0.5, 0.6) is 0 Å². The predicted octanol–water partition coefficient (Wildman–Crippen LogP) is 12.4. The van der Waals surface area contributed by atoms with Crippen LogP contribution in [-0.2, 0) is 23.8 Å². The molecule has 374 valence electrons. The maximum Gasteiger partial charge on any atom is 0.345 e. The fourth-order valence-electron chi connectivity index (χ4n) is 7.70. The minimum atomic E-state index is -0.708. The molecule has 7 aromatic carbocycles. The lowest BCUT2D eigenvalue weighted by Gasteiger charge is -2.22. The number of pyridine rings is 1. The van der Waals surface area contributed by atoms with Gasteiger partial charge in [-0.2, -0.15) is 0 Å². The maximum atomic E-state index is 13.2. The summed E-state index contributed by atoms with van der Waals surface area (Å²) in [5, 5.41) is 0.538. The monoisotopic (exact) mass is 986 g/mol. The third-order valence-electron chi connectivity index (χ3n) is 12.4. The van der Waals surface area contributed by atoms with Gasteiger partial charge in [-0.25, -0.2) is 9.59 Å². The summed E-state index contributed by atoms with van der Waals surface area (Å²) >= 11 is 0. The summed E-state index contributed by atoms with van der Waals surface area (Å²) in [4.78, 5) is 77.4. The minimum absolute atomic E-state index is 0.0385. The van der Waals surface area contributed by atoms with Crippen molar-refractivity contribution >= 4 is 51.6 Å². The van der Waals surface area contributed by atoms with E-state index >= 15 is 0 Å². The third kappa shape index (κ3) is 13.0. The second kappa shape index (κ2) is 25.2. The Morgan fingerprint density at radius 3 is 1.36 bits per heavy atom. The number of hydrogen-bond donors (Lipinski definition) is 0. The zero-order valence-electron chi connectivity index (χ0n) is 43.0. The van der Waals surface area contributed by atoms with Gasteiger partial charge in [-0.1, -0.05) is 103 Å². The summed E-state index contributed by atoms with van der Waals surface area (Å²) in [5.41, 5.74) is 10.8. The quantitative estimate of drug-likeness (QED) is 0.0274. The van der Waals surface area contributed by atoms with E-state index in [0.29, 0.717) is 22.1 Å². The second-order valence-electron chi connectivity index (χ2n) is 17.3. The van der Waals surface area contributed by atoms with Crippen molar-refractivity contribution in [2.24, 2.45) is 0 Å². The molecule has 8 rings (SSSR count). The van der Waals surface area contributed by atoms with E-state index in [4.69, 9.17) is 9.47 Å². The lowest BCUT2D eigenvalue weighted by atomic mass is 9.98. The van der Waals surface area contributed by atoms with Gasteiger partial charge < -0.3 is 23.7 Å². The number of carbonyl (C=O) groups excluding carboxylic acids is 5. The molecule has 0 atom stereocenters. The molecule has 1 heterocycles. The van der Waals surface area contributed by atoms with E-state index in [2.05, 4.69) is 4.74 Å². The molecule has 0 fully saturated rings. The van der Waals surface area contributed by atoms with Gasteiger partial charge in [0, 0.05) is 51.5 Å². The van der Waals surface area contributed by atoms with Crippen molar-refractivity contribution in [1.29, 1.82) is 0 Å². The van der Waals surface area contributed by atoms with Crippen molar-refractivity contribution in [3.8, 4) is 5.69 Å². The highest BCUT2D eigenvalue weighted by molar-refractivity contribution is 6.25. The number of para-hydroxylation sites is 4. The van der Waals surface area contributed by atoms with Crippen LogP contribution in [0.15, 0.2) is 204 Å². The highest BCUT2D eigenvalue weighted by Crippen LogP contribution is 2.28. The van der Waals surface area contributed by atoms with Gasteiger partial charge in [-0.05, 0) is 142 Å². The Balaban J connectivity index is 0.000000186. The summed E-state index contributed by atoms with van der Waals surface area (Å²) < 4.78 is 16.1. The highest BCUT2D eigenvalue weighted by atomic mass is 16.5. The molecular weight excluding hydrogens is 929 g/mol. The molecule has 11 nitrogen and oxygen atoms in total. The molecule has 0 aliphatic heterocycles. The van der Waals surface area contributed by atoms with Crippen molar-refractivity contribution in [3.05, 3.63) is 266 Å². The van der Waals surface area contributed by atoms with E-state index in [9.17, 15) is 28.8 Å². The van der Waals surface area contributed by atoms with Crippen LogP contribution < -0.4 is 10.3 Å². The number of benzene rings is 7. The Bertz CT molecular complexity index is 3430. The molecular formula is C63H58N2O9. The summed E-state index contributed by atoms with van der Waals surface area (Å²) in [6, 6.07) is 52.4. The summed E-state index contributed by atoms with van der Waals surface area (Å²) in [6.45, 7) is 11.7. The van der Waals surface area contributed by atoms with Gasteiger partial charge in [-0.15, -0.1) is 0 Å². The third-order valence-corrected chi connectivity index (χ3v) is 12.4. The normalized spacial score (nSPS) is 11.0. The standard InChI is InChI=1S/C25H23NO3.C24H19NO2.C14H16O4/c1-18-14-15-20(16-19(18)2)24(27)23(25(28)29-3)17-26(21-10-6-4-7-11-21)22-12-8-5-9-13-22;1-16-12-13-18(14-17(16)2)23(26)21-15-25(19-8-4-3-5-9-19)22-11-7-6-10-20(22)24(21)27;1-9-5-6-11(7-10(9)2)13(15)12(8-17-3)14(16)18-4/h4-17H,1-3H3;3-15H,1-2H3;5-8H,1-4H3. The van der Waals surface area contributed by atoms with Crippen LogP contribution in [-0.4, -0.2) is 55.2 Å². The van der Waals surface area contributed by atoms with Crippen molar-refractivity contribution in [1.82, 2.24) is 4.57 Å². The molecule has 0 spiro atoms. The molecule has 1 aromatic heterocycles. The van der Waals surface area contributed by atoms with E-state index < -0.39 is 17.7 Å². The van der Waals surface area contributed by atoms with Gasteiger partial charge in [0.2, 0.25) is 17.0 Å². The van der Waals surface area contributed by atoms with Crippen molar-refractivity contribution < 1.29 is 38.2 Å². The van der Waals surface area contributed by atoms with Crippen LogP contribution in [0, 0.1) is 41.5 Å². The number of aromatic nitrogens is 1. The number of ketones is 3. The minimum Gasteiger partial charge on any atom is -0.503 e. The number of carbonyl (C=O) groups is 5. The molecule has 0 aliphatic carbocycles. The van der Waals surface area contributed by atoms with E-state index in [1.807, 2.05) is 184 Å². The zero-order valence-corrected chi connectivity index (χ0v) is 43.0. The first kappa shape index (κ1) is 54.1. The molecule has 0 bridgehead atoms. The smallest absolute Gasteiger partial charge is 0.345 e. The highest BCUT2D eigenvalue weighted by Gasteiger charge is 2.24. The Kier molecular flexibility index (Phi) is 18.5. The number of fused-ring (bicyclic) bond motifs is 1. The Morgan fingerprint density at radius 2 is 0.892 bits per heavy atom. The van der Waals surface area contributed by atoms with E-state index in [1.165, 1.54) is 21.3 Å². The number of aryl methyl sites for hydroxylation is 6. The Morgan fingerprint density at radius 1 is 0.473 bits per heavy atom. The summed E-state index contributed by atoms with van der Waals surface area (Å²) in [5.74, 6) is -2.42. The van der Waals surface area contributed by atoms with Gasteiger partial charge >= 0.3 is 11.9 Å². The molecule has 0 saturated carbocycles. The fraction of sp³-hybridized carbons (Fsp3) is 0.143. The second-order valence-corrected chi connectivity index (χ2v) is 17.3. The maximum absolute atomic E-state index is 13.2. The van der Waals surface area contributed by atoms with Gasteiger partial charge in [-0.3, -0.25) is 19.2 Å². The number of ether oxygens (including phenoxy) is 3. The fourth-order valence-corrected chi connectivity index (χ4v) is 7.70. The molecule has 0 amide bonds. The molecule has 11 heteroatoms. The number of anilines is 2. The number of hydrogen-bond acceptors (Lipinski definition) is 10. The van der Waals surface area contributed by atoms with Crippen LogP contribution in [0.1, 0.15) is 70.0 Å². The average molecular weight is 987 g/mol. The van der Waals surface area contributed by atoms with Gasteiger partial charge in [0.15, 0.2) is 5.78 Å². The van der Waals surface area contributed by atoms with E-state index in [1.54, 1.807) is 48.8 Å². The van der Waals surface area contributed by atoms with Crippen LogP contribution in [0.3, 0.4) is 0 Å². The van der Waals surface area contributed by atoms with Gasteiger partial charge in [0.25, 0.3) is 0 Å². The number of Topliss-reactive ketones (excluding diaryl/α,β-unsaturated/α-hetero) is 2. The lowest BCUT2D eigenvalue weighted by Crippen LogP contribution is -2.20. The van der Waals surface area contributed by atoms with Crippen LogP contribution >= 0.6 is 0 Å². The molecule has 0 radical (unpaired) electrons.